The maximum Gasteiger partial charge on any atom is 0.336 e. The Kier molecular flexibility index (Phi) is 4.56. The molecule has 3 aromatic rings. The van der Waals surface area contributed by atoms with Gasteiger partial charge in [0.05, 0.1) is 22.5 Å². The van der Waals surface area contributed by atoms with Crippen LogP contribution in [-0.2, 0) is 6.54 Å². The molecule has 0 spiro atoms. The van der Waals surface area contributed by atoms with Crippen molar-refractivity contribution in [1.82, 2.24) is 20.0 Å². The Morgan fingerprint density at radius 3 is 2.59 bits per heavy atom. The van der Waals surface area contributed by atoms with Gasteiger partial charge >= 0.3 is 5.97 Å². The molecule has 1 unspecified atom stereocenters. The fourth-order valence-electron chi connectivity index (χ4n) is 4.75. The summed E-state index contributed by atoms with van der Waals surface area (Å²) < 4.78 is 15.1. The fraction of sp³-hybridized carbons (Fsp3) is 0.364. The molecule has 2 bridgehead atoms. The zero-order valence-corrected chi connectivity index (χ0v) is 16.0. The molecule has 3 fully saturated rings. The molecule has 2 N–H and O–H groups in total. The van der Waals surface area contributed by atoms with Gasteiger partial charge in [0.2, 0.25) is 0 Å². The summed E-state index contributed by atoms with van der Waals surface area (Å²) in [5, 5.41) is 18.7. The average molecular weight is 394 g/mol. The first-order chi connectivity index (χ1) is 14.1. The van der Waals surface area contributed by atoms with Crippen LogP contribution in [0.1, 0.15) is 28.9 Å². The molecule has 1 atom stereocenters. The summed E-state index contributed by atoms with van der Waals surface area (Å²) in [6.45, 7) is 3.89. The van der Waals surface area contributed by atoms with Gasteiger partial charge in [-0.3, -0.25) is 0 Å². The molecule has 150 valence electrons. The van der Waals surface area contributed by atoms with E-state index in [0.29, 0.717) is 40.8 Å². The maximum atomic E-state index is 13.4. The third-order valence-corrected chi connectivity index (χ3v) is 6.27. The Morgan fingerprint density at radius 1 is 1.17 bits per heavy atom. The molecule has 0 amide bonds. The van der Waals surface area contributed by atoms with Crippen LogP contribution in [0.5, 0.6) is 0 Å². The number of carboxylic acids is 1. The lowest BCUT2D eigenvalue weighted by Gasteiger charge is -2.45. The molecule has 6 rings (SSSR count). The smallest absolute Gasteiger partial charge is 0.336 e. The minimum Gasteiger partial charge on any atom is -0.478 e. The summed E-state index contributed by atoms with van der Waals surface area (Å²) in [5.74, 6) is -0.622. The van der Waals surface area contributed by atoms with Crippen LogP contribution in [0.3, 0.4) is 0 Å². The number of nitrogens with one attached hydrogen (secondary N) is 1. The van der Waals surface area contributed by atoms with E-state index in [9.17, 15) is 14.3 Å². The van der Waals surface area contributed by atoms with Gasteiger partial charge in [0, 0.05) is 24.5 Å². The summed E-state index contributed by atoms with van der Waals surface area (Å²) in [4.78, 5) is 14.3. The lowest BCUT2D eigenvalue weighted by molar-refractivity contribution is 0.0698. The lowest BCUT2D eigenvalue weighted by atomic mass is 9.84. The number of carboxylic acid groups (broad SMARTS) is 1. The van der Waals surface area contributed by atoms with Crippen molar-refractivity contribution in [3.8, 4) is 5.69 Å². The van der Waals surface area contributed by atoms with Crippen LogP contribution in [0.4, 0.5) is 4.39 Å². The molecule has 3 saturated heterocycles. The van der Waals surface area contributed by atoms with Crippen molar-refractivity contribution in [2.45, 2.75) is 25.4 Å². The number of rotatable bonds is 5. The number of nitrogens with zero attached hydrogens (tertiary/aromatic N) is 3. The van der Waals surface area contributed by atoms with Crippen LogP contribution in [0.15, 0.2) is 42.5 Å². The van der Waals surface area contributed by atoms with E-state index >= 15 is 0 Å². The first kappa shape index (κ1) is 18.3. The number of aromatic nitrogens is 2. The molecule has 3 aliphatic heterocycles. The normalized spacial score (nSPS) is 23.6. The van der Waals surface area contributed by atoms with Crippen molar-refractivity contribution in [3.63, 3.8) is 0 Å². The zero-order valence-electron chi connectivity index (χ0n) is 16.0. The van der Waals surface area contributed by atoms with Crippen LogP contribution in [0.25, 0.3) is 16.6 Å². The topological polar surface area (TPSA) is 70.4 Å². The average Bonchev–Trinajstić information content (AvgIpc) is 3.12. The minimum atomic E-state index is -0.974. The summed E-state index contributed by atoms with van der Waals surface area (Å²) >= 11 is 0. The lowest BCUT2D eigenvalue weighted by Crippen LogP contribution is -2.55. The number of benzene rings is 2. The largest absolute Gasteiger partial charge is 0.478 e. The van der Waals surface area contributed by atoms with E-state index in [2.05, 4.69) is 10.2 Å². The Balaban J connectivity index is 1.53. The van der Waals surface area contributed by atoms with Crippen LogP contribution in [0.2, 0.25) is 0 Å². The molecule has 2 aromatic carbocycles. The molecule has 0 radical (unpaired) electrons. The molecule has 0 saturated carbocycles. The van der Waals surface area contributed by atoms with Gasteiger partial charge in [0.15, 0.2) is 0 Å². The number of aromatic carboxylic acids is 1. The van der Waals surface area contributed by atoms with E-state index in [1.807, 2.05) is 6.07 Å². The summed E-state index contributed by atoms with van der Waals surface area (Å²) in [6, 6.07) is 11.7. The number of hydrogen-bond acceptors (Lipinski definition) is 4. The second kappa shape index (κ2) is 7.24. The Labute approximate surface area is 167 Å². The van der Waals surface area contributed by atoms with Gasteiger partial charge in [-0.15, -0.1) is 0 Å². The van der Waals surface area contributed by atoms with Crippen molar-refractivity contribution in [1.29, 1.82) is 0 Å². The van der Waals surface area contributed by atoms with Crippen molar-refractivity contribution in [2.24, 2.45) is 5.92 Å². The van der Waals surface area contributed by atoms with Crippen LogP contribution in [0, 0.1) is 11.7 Å². The number of piperidine rings is 3. The number of carbonyl (C=O) groups is 1. The van der Waals surface area contributed by atoms with E-state index in [4.69, 9.17) is 5.10 Å². The quantitative estimate of drug-likeness (QED) is 0.696. The highest BCUT2D eigenvalue weighted by atomic mass is 19.1. The highest BCUT2D eigenvalue weighted by Crippen LogP contribution is 2.29. The van der Waals surface area contributed by atoms with Crippen LogP contribution < -0.4 is 5.32 Å². The van der Waals surface area contributed by atoms with Gasteiger partial charge in [0.1, 0.15) is 5.82 Å². The van der Waals surface area contributed by atoms with E-state index in [1.165, 1.54) is 38.1 Å². The fourth-order valence-corrected chi connectivity index (χ4v) is 4.75. The highest BCUT2D eigenvalue weighted by molar-refractivity contribution is 6.04. The van der Waals surface area contributed by atoms with Crippen LogP contribution in [-0.4, -0.2) is 51.4 Å². The molecule has 3 aliphatic rings. The van der Waals surface area contributed by atoms with Crippen molar-refractivity contribution in [3.05, 3.63) is 59.5 Å². The molecular formula is C22H23FN4O2. The second-order valence-electron chi connectivity index (χ2n) is 7.97. The van der Waals surface area contributed by atoms with Crippen molar-refractivity contribution >= 4 is 16.9 Å². The van der Waals surface area contributed by atoms with Gasteiger partial charge in [0.25, 0.3) is 0 Å². The van der Waals surface area contributed by atoms with E-state index in [0.717, 1.165) is 6.54 Å². The predicted molar refractivity (Wildman–Crippen MR) is 108 cm³/mol. The number of hydrogen-bond donors (Lipinski definition) is 2. The third-order valence-electron chi connectivity index (χ3n) is 6.27. The number of halogens is 1. The molecule has 4 heterocycles. The Hall–Kier alpha value is -2.77. The minimum absolute atomic E-state index is 0.238. The SMILES string of the molecule is O=C(O)c1cccc2c1c(CNC1CN3CCC1CC3)nn2-c1ccc(F)cc1. The summed E-state index contributed by atoms with van der Waals surface area (Å²) in [7, 11) is 0. The second-order valence-corrected chi connectivity index (χ2v) is 7.97. The standard InChI is InChI=1S/C22H23FN4O2/c23-15-4-6-16(7-5-15)27-20-3-1-2-17(22(28)29)21(20)18(25-27)12-24-19-13-26-10-8-14(19)9-11-26/h1-7,14,19,24H,8-13H2,(H,28,29). The molecule has 7 heteroatoms. The molecule has 6 nitrogen and oxygen atoms in total. The first-order valence-electron chi connectivity index (χ1n) is 10.1. The molecule has 0 aliphatic carbocycles. The molecular weight excluding hydrogens is 371 g/mol. The zero-order chi connectivity index (χ0) is 20.0. The highest BCUT2D eigenvalue weighted by Gasteiger charge is 2.34. The molecule has 29 heavy (non-hydrogen) atoms. The van der Waals surface area contributed by atoms with Gasteiger partial charge in [-0.1, -0.05) is 6.07 Å². The maximum absolute atomic E-state index is 13.4. The Bertz CT molecular complexity index is 1050. The van der Waals surface area contributed by atoms with E-state index in [-0.39, 0.29) is 11.4 Å². The summed E-state index contributed by atoms with van der Waals surface area (Å²) in [6.07, 6.45) is 2.42. The predicted octanol–water partition coefficient (Wildman–Crippen LogP) is 3.05. The van der Waals surface area contributed by atoms with E-state index < -0.39 is 5.97 Å². The van der Waals surface area contributed by atoms with Crippen LogP contribution >= 0.6 is 0 Å². The summed E-state index contributed by atoms with van der Waals surface area (Å²) in [5.41, 5.74) is 2.36. The molecule has 1 aromatic heterocycles. The van der Waals surface area contributed by atoms with Gasteiger partial charge in [-0.05, 0) is 68.2 Å². The Morgan fingerprint density at radius 2 is 1.93 bits per heavy atom. The van der Waals surface area contributed by atoms with Crippen molar-refractivity contribution < 1.29 is 14.3 Å². The van der Waals surface area contributed by atoms with Gasteiger partial charge in [-0.2, -0.15) is 5.10 Å². The monoisotopic (exact) mass is 394 g/mol. The third kappa shape index (κ3) is 3.30. The van der Waals surface area contributed by atoms with Gasteiger partial charge < -0.3 is 15.3 Å². The van der Waals surface area contributed by atoms with Gasteiger partial charge in [-0.25, -0.2) is 13.9 Å². The number of fused-ring (bicyclic) bond motifs is 4. The first-order valence-corrected chi connectivity index (χ1v) is 10.1. The van der Waals surface area contributed by atoms with E-state index in [1.54, 1.807) is 28.9 Å². The van der Waals surface area contributed by atoms with Crippen molar-refractivity contribution in [2.75, 3.05) is 19.6 Å².